The van der Waals surface area contributed by atoms with Gasteiger partial charge in [0.2, 0.25) is 0 Å². The molecule has 1 rings (SSSR count). The lowest BCUT2D eigenvalue weighted by atomic mass is 10.2. The summed E-state index contributed by atoms with van der Waals surface area (Å²) in [5.41, 5.74) is 1.35. The van der Waals surface area contributed by atoms with Crippen LogP contribution in [0.5, 0.6) is 0 Å². The van der Waals surface area contributed by atoms with Gasteiger partial charge in [0.15, 0.2) is 0 Å². The first-order valence-electron chi connectivity index (χ1n) is 4.66. The molecular weight excluding hydrogens is 158 g/mol. The summed E-state index contributed by atoms with van der Waals surface area (Å²) in [5.74, 6) is 0. The number of hydrogen-bond donors (Lipinski definition) is 1. The minimum atomic E-state index is 0.983. The van der Waals surface area contributed by atoms with E-state index in [0.717, 1.165) is 13.1 Å². The van der Waals surface area contributed by atoms with Crippen LogP contribution in [-0.2, 0) is 6.54 Å². The second kappa shape index (κ2) is 9.01. The lowest BCUT2D eigenvalue weighted by molar-refractivity contribution is 0.727. The molecule has 0 saturated carbocycles. The molecule has 0 aliphatic carbocycles. The first-order valence-corrected chi connectivity index (χ1v) is 4.66. The van der Waals surface area contributed by atoms with Gasteiger partial charge in [-0.3, -0.25) is 0 Å². The molecule has 0 radical (unpaired) electrons. The fourth-order valence-corrected chi connectivity index (χ4v) is 0.865. The molecule has 0 aliphatic rings. The third kappa shape index (κ3) is 7.29. The summed E-state index contributed by atoms with van der Waals surface area (Å²) >= 11 is 0. The van der Waals surface area contributed by atoms with Crippen molar-refractivity contribution in [3.63, 3.8) is 0 Å². The van der Waals surface area contributed by atoms with Crippen molar-refractivity contribution in [2.45, 2.75) is 20.4 Å². The highest BCUT2D eigenvalue weighted by Gasteiger charge is 1.85. The third-order valence-electron chi connectivity index (χ3n) is 1.42. The standard InChI is InChI=1S/C9H13N.C3H6/c1-2-10-8-9-6-4-3-5-7-9;1-3-2/h3-7,10H,2,8H2,1H3;3H,1H2,2H3. The molecular formula is C12H19N. The van der Waals surface area contributed by atoms with Crippen LogP contribution in [0.2, 0.25) is 0 Å². The van der Waals surface area contributed by atoms with Gasteiger partial charge in [0.05, 0.1) is 0 Å². The van der Waals surface area contributed by atoms with E-state index < -0.39 is 0 Å². The van der Waals surface area contributed by atoms with Gasteiger partial charge in [-0.2, -0.15) is 0 Å². The topological polar surface area (TPSA) is 12.0 Å². The van der Waals surface area contributed by atoms with E-state index in [2.05, 4.69) is 43.1 Å². The van der Waals surface area contributed by atoms with Crippen molar-refractivity contribution in [1.82, 2.24) is 5.32 Å². The van der Waals surface area contributed by atoms with Gasteiger partial charge in [0, 0.05) is 6.54 Å². The van der Waals surface area contributed by atoms with Crippen LogP contribution >= 0.6 is 0 Å². The van der Waals surface area contributed by atoms with E-state index in [1.54, 1.807) is 6.08 Å². The molecule has 1 aromatic carbocycles. The van der Waals surface area contributed by atoms with Crippen molar-refractivity contribution < 1.29 is 0 Å². The molecule has 0 fully saturated rings. The largest absolute Gasteiger partial charge is 0.313 e. The van der Waals surface area contributed by atoms with Crippen LogP contribution in [0.25, 0.3) is 0 Å². The third-order valence-corrected chi connectivity index (χ3v) is 1.42. The molecule has 0 atom stereocenters. The average Bonchev–Trinajstić information content (AvgIpc) is 2.18. The van der Waals surface area contributed by atoms with Gasteiger partial charge in [0.1, 0.15) is 0 Å². The van der Waals surface area contributed by atoms with Crippen molar-refractivity contribution >= 4 is 0 Å². The van der Waals surface area contributed by atoms with Gasteiger partial charge >= 0.3 is 0 Å². The first kappa shape index (κ1) is 11.9. The fourth-order valence-electron chi connectivity index (χ4n) is 0.865. The number of rotatable bonds is 3. The molecule has 0 aliphatic heterocycles. The Balaban J connectivity index is 0.000000424. The van der Waals surface area contributed by atoms with Gasteiger partial charge in [-0.25, -0.2) is 0 Å². The number of hydrogen-bond acceptors (Lipinski definition) is 1. The molecule has 0 unspecified atom stereocenters. The number of benzene rings is 1. The van der Waals surface area contributed by atoms with Crippen LogP contribution in [0.4, 0.5) is 0 Å². The lowest BCUT2D eigenvalue weighted by Gasteiger charge is -1.99. The zero-order chi connectivity index (χ0) is 9.94. The summed E-state index contributed by atoms with van der Waals surface area (Å²) in [6, 6.07) is 10.4. The molecule has 0 saturated heterocycles. The van der Waals surface area contributed by atoms with Crippen molar-refractivity contribution in [3.8, 4) is 0 Å². The molecule has 72 valence electrons. The van der Waals surface area contributed by atoms with Crippen molar-refractivity contribution in [2.75, 3.05) is 6.54 Å². The zero-order valence-corrected chi connectivity index (χ0v) is 8.59. The zero-order valence-electron chi connectivity index (χ0n) is 8.59. The minimum absolute atomic E-state index is 0.983. The monoisotopic (exact) mass is 177 g/mol. The maximum atomic E-state index is 3.36. The highest BCUT2D eigenvalue weighted by molar-refractivity contribution is 5.14. The van der Waals surface area contributed by atoms with Crippen molar-refractivity contribution in [1.29, 1.82) is 0 Å². The van der Waals surface area contributed by atoms with E-state index in [1.165, 1.54) is 5.56 Å². The van der Waals surface area contributed by atoms with E-state index >= 15 is 0 Å². The quantitative estimate of drug-likeness (QED) is 0.700. The van der Waals surface area contributed by atoms with Gasteiger partial charge in [-0.15, -0.1) is 6.58 Å². The normalized spacial score (nSPS) is 8.46. The maximum Gasteiger partial charge on any atom is 0.0205 e. The van der Waals surface area contributed by atoms with E-state index in [4.69, 9.17) is 0 Å². The predicted octanol–water partition coefficient (Wildman–Crippen LogP) is 2.99. The first-order chi connectivity index (χ1) is 6.35. The Kier molecular flexibility index (Phi) is 8.26. The molecule has 0 aromatic heterocycles. The summed E-state index contributed by atoms with van der Waals surface area (Å²) in [4.78, 5) is 0. The summed E-state index contributed by atoms with van der Waals surface area (Å²) in [5, 5.41) is 3.26. The van der Waals surface area contributed by atoms with E-state index in [1.807, 2.05) is 13.0 Å². The average molecular weight is 177 g/mol. The smallest absolute Gasteiger partial charge is 0.0205 e. The van der Waals surface area contributed by atoms with Gasteiger partial charge in [-0.05, 0) is 19.0 Å². The Bertz CT molecular complexity index is 204. The van der Waals surface area contributed by atoms with E-state index in [-0.39, 0.29) is 0 Å². The molecule has 0 heterocycles. The van der Waals surface area contributed by atoms with Crippen LogP contribution in [-0.4, -0.2) is 6.54 Å². The van der Waals surface area contributed by atoms with Crippen LogP contribution in [0.1, 0.15) is 19.4 Å². The summed E-state index contributed by atoms with van der Waals surface area (Å²) in [6.07, 6.45) is 1.75. The Morgan fingerprint density at radius 3 is 2.31 bits per heavy atom. The highest BCUT2D eigenvalue weighted by atomic mass is 14.8. The van der Waals surface area contributed by atoms with Gasteiger partial charge in [0.25, 0.3) is 0 Å². The molecule has 0 amide bonds. The Morgan fingerprint density at radius 2 is 1.85 bits per heavy atom. The van der Waals surface area contributed by atoms with E-state index in [0.29, 0.717) is 0 Å². The van der Waals surface area contributed by atoms with Crippen LogP contribution < -0.4 is 5.32 Å². The van der Waals surface area contributed by atoms with E-state index in [9.17, 15) is 0 Å². The molecule has 0 bridgehead atoms. The van der Waals surface area contributed by atoms with Gasteiger partial charge in [-0.1, -0.05) is 43.3 Å². The summed E-state index contributed by atoms with van der Waals surface area (Å²) in [7, 11) is 0. The maximum absolute atomic E-state index is 3.36. The Labute approximate surface area is 81.5 Å². The Morgan fingerprint density at radius 1 is 1.31 bits per heavy atom. The predicted molar refractivity (Wildman–Crippen MR) is 59.7 cm³/mol. The number of allylic oxidation sites excluding steroid dienone is 1. The Hall–Kier alpha value is -1.08. The SMILES string of the molecule is C=CC.CCNCc1ccccc1. The van der Waals surface area contributed by atoms with Crippen molar-refractivity contribution in [2.24, 2.45) is 0 Å². The molecule has 1 aromatic rings. The fraction of sp³-hybridized carbons (Fsp3) is 0.333. The highest BCUT2D eigenvalue weighted by Crippen LogP contribution is 1.96. The van der Waals surface area contributed by atoms with Crippen LogP contribution in [0.15, 0.2) is 43.0 Å². The molecule has 0 spiro atoms. The lowest BCUT2D eigenvalue weighted by Crippen LogP contribution is -2.11. The number of nitrogens with one attached hydrogen (secondary N) is 1. The molecule has 1 nitrogen and oxygen atoms in total. The minimum Gasteiger partial charge on any atom is -0.313 e. The summed E-state index contributed by atoms with van der Waals surface area (Å²) in [6.45, 7) is 9.38. The molecule has 1 heteroatoms. The second-order valence-electron chi connectivity index (χ2n) is 2.67. The second-order valence-corrected chi connectivity index (χ2v) is 2.67. The van der Waals surface area contributed by atoms with Crippen LogP contribution in [0, 0.1) is 0 Å². The van der Waals surface area contributed by atoms with Gasteiger partial charge < -0.3 is 5.32 Å². The molecule has 1 N–H and O–H groups in total. The molecule has 13 heavy (non-hydrogen) atoms. The van der Waals surface area contributed by atoms with Crippen molar-refractivity contribution in [3.05, 3.63) is 48.6 Å². The summed E-state index contributed by atoms with van der Waals surface area (Å²) < 4.78 is 0. The van der Waals surface area contributed by atoms with Crippen LogP contribution in [0.3, 0.4) is 0 Å².